The minimum atomic E-state index is -0.479. The normalized spacial score (nSPS) is 10.1. The summed E-state index contributed by atoms with van der Waals surface area (Å²) in [5.41, 5.74) is 6.58. The molecule has 0 aromatic heterocycles. The molecule has 0 heterocycles. The Morgan fingerprint density at radius 2 is 1.85 bits per heavy atom. The van der Waals surface area contributed by atoms with Crippen LogP contribution in [0.25, 0.3) is 0 Å². The van der Waals surface area contributed by atoms with Crippen molar-refractivity contribution >= 4 is 23.4 Å². The molecule has 0 unspecified atom stereocenters. The van der Waals surface area contributed by atoms with Gasteiger partial charge in [0, 0.05) is 4.90 Å². The third-order valence-electron chi connectivity index (χ3n) is 2.73. The van der Waals surface area contributed by atoms with E-state index in [1.165, 1.54) is 7.11 Å². The molecule has 0 amide bonds. The number of rotatable bonds is 4. The first-order valence-electron chi connectivity index (χ1n) is 5.94. The van der Waals surface area contributed by atoms with E-state index in [1.54, 1.807) is 30.0 Å². The van der Waals surface area contributed by atoms with Gasteiger partial charge < -0.3 is 15.2 Å². The molecule has 0 spiro atoms. The Balaban J connectivity index is 2.34. The highest BCUT2D eigenvalue weighted by Crippen LogP contribution is 2.32. The van der Waals surface area contributed by atoms with Gasteiger partial charge in [0.25, 0.3) is 0 Å². The van der Waals surface area contributed by atoms with E-state index < -0.39 is 5.97 Å². The zero-order valence-electron chi connectivity index (χ0n) is 11.3. The maximum atomic E-state index is 11.7. The molecule has 0 saturated carbocycles. The summed E-state index contributed by atoms with van der Waals surface area (Å²) >= 11 is 1.64. The van der Waals surface area contributed by atoms with Gasteiger partial charge in [0.2, 0.25) is 0 Å². The molecule has 0 aliphatic carbocycles. The number of carbonyl (C=O) groups excluding carboxylic acids is 1. The molecule has 0 bridgehead atoms. The van der Waals surface area contributed by atoms with E-state index in [1.807, 2.05) is 30.5 Å². The summed E-state index contributed by atoms with van der Waals surface area (Å²) in [6.07, 6.45) is 2.00. The molecule has 4 nitrogen and oxygen atoms in total. The molecule has 0 radical (unpaired) electrons. The second-order valence-electron chi connectivity index (χ2n) is 3.99. The van der Waals surface area contributed by atoms with E-state index in [2.05, 4.69) is 0 Å². The Kier molecular flexibility index (Phi) is 4.53. The zero-order chi connectivity index (χ0) is 14.5. The van der Waals surface area contributed by atoms with Crippen molar-refractivity contribution in [3.63, 3.8) is 0 Å². The Bertz CT molecular complexity index is 611. The standard InChI is InChI=1S/C15H15NO3S/c1-18-15(17)12-4-3-5-13(16)14(12)19-10-6-8-11(20-2)9-7-10/h3-9H,16H2,1-2H3. The van der Waals surface area contributed by atoms with Gasteiger partial charge in [0.05, 0.1) is 12.8 Å². The first-order chi connectivity index (χ1) is 9.65. The number of thioether (sulfide) groups is 1. The summed E-state index contributed by atoms with van der Waals surface area (Å²) in [6.45, 7) is 0. The maximum Gasteiger partial charge on any atom is 0.341 e. The van der Waals surface area contributed by atoms with Crippen molar-refractivity contribution < 1.29 is 14.3 Å². The van der Waals surface area contributed by atoms with Crippen LogP contribution in [0.2, 0.25) is 0 Å². The Morgan fingerprint density at radius 3 is 2.45 bits per heavy atom. The summed E-state index contributed by atoms with van der Waals surface area (Å²) in [4.78, 5) is 12.8. The minimum Gasteiger partial charge on any atom is -0.465 e. The third kappa shape index (κ3) is 3.05. The van der Waals surface area contributed by atoms with Crippen molar-refractivity contribution in [1.82, 2.24) is 0 Å². The van der Waals surface area contributed by atoms with Crippen molar-refractivity contribution in [3.8, 4) is 11.5 Å². The SMILES string of the molecule is COC(=O)c1cccc(N)c1Oc1ccc(SC)cc1. The van der Waals surface area contributed by atoms with Gasteiger partial charge in [-0.25, -0.2) is 4.79 Å². The average Bonchev–Trinajstić information content (AvgIpc) is 2.49. The number of para-hydroxylation sites is 1. The van der Waals surface area contributed by atoms with Gasteiger partial charge >= 0.3 is 5.97 Å². The van der Waals surface area contributed by atoms with Crippen LogP contribution in [0.5, 0.6) is 11.5 Å². The van der Waals surface area contributed by atoms with Crippen LogP contribution in [0, 0.1) is 0 Å². The lowest BCUT2D eigenvalue weighted by Crippen LogP contribution is -2.05. The van der Waals surface area contributed by atoms with Gasteiger partial charge in [-0.05, 0) is 42.7 Å². The highest BCUT2D eigenvalue weighted by molar-refractivity contribution is 7.98. The van der Waals surface area contributed by atoms with E-state index >= 15 is 0 Å². The first kappa shape index (κ1) is 14.3. The molecule has 0 aliphatic rings. The number of carbonyl (C=O) groups is 1. The zero-order valence-corrected chi connectivity index (χ0v) is 12.1. The number of esters is 1. The lowest BCUT2D eigenvalue weighted by molar-refractivity contribution is 0.0598. The van der Waals surface area contributed by atoms with Crippen LogP contribution in [0.1, 0.15) is 10.4 Å². The fourth-order valence-corrected chi connectivity index (χ4v) is 2.11. The van der Waals surface area contributed by atoms with E-state index in [9.17, 15) is 4.79 Å². The predicted molar refractivity (Wildman–Crippen MR) is 80.5 cm³/mol. The molecular weight excluding hydrogens is 274 g/mol. The molecule has 104 valence electrons. The van der Waals surface area contributed by atoms with Crippen LogP contribution < -0.4 is 10.5 Å². The van der Waals surface area contributed by atoms with Gasteiger partial charge in [0.1, 0.15) is 11.3 Å². The second kappa shape index (κ2) is 6.34. The minimum absolute atomic E-state index is 0.307. The van der Waals surface area contributed by atoms with Crippen LogP contribution in [-0.2, 0) is 4.74 Å². The van der Waals surface area contributed by atoms with Crippen molar-refractivity contribution in [2.24, 2.45) is 0 Å². The number of anilines is 1. The van der Waals surface area contributed by atoms with Crippen molar-refractivity contribution in [1.29, 1.82) is 0 Å². The van der Waals surface area contributed by atoms with Crippen molar-refractivity contribution in [2.45, 2.75) is 4.90 Å². The largest absolute Gasteiger partial charge is 0.465 e. The monoisotopic (exact) mass is 289 g/mol. The smallest absolute Gasteiger partial charge is 0.341 e. The van der Waals surface area contributed by atoms with E-state index in [4.69, 9.17) is 15.2 Å². The molecule has 2 rings (SSSR count). The summed E-state index contributed by atoms with van der Waals surface area (Å²) in [7, 11) is 1.32. The summed E-state index contributed by atoms with van der Waals surface area (Å²) in [6, 6.07) is 12.5. The quantitative estimate of drug-likeness (QED) is 0.529. The van der Waals surface area contributed by atoms with Crippen LogP contribution >= 0.6 is 11.8 Å². The summed E-state index contributed by atoms with van der Waals surface area (Å²) in [5, 5.41) is 0. The molecule has 0 aliphatic heterocycles. The predicted octanol–water partition coefficient (Wildman–Crippen LogP) is 3.57. The van der Waals surface area contributed by atoms with Gasteiger partial charge in [-0.3, -0.25) is 0 Å². The van der Waals surface area contributed by atoms with Crippen LogP contribution in [0.15, 0.2) is 47.4 Å². The Labute approximate surface area is 121 Å². The fraction of sp³-hybridized carbons (Fsp3) is 0.133. The van der Waals surface area contributed by atoms with Gasteiger partial charge in [-0.15, -0.1) is 11.8 Å². The van der Waals surface area contributed by atoms with E-state index in [0.717, 1.165) is 4.90 Å². The van der Waals surface area contributed by atoms with Gasteiger partial charge in [0.15, 0.2) is 5.75 Å². The highest BCUT2D eigenvalue weighted by atomic mass is 32.2. The summed E-state index contributed by atoms with van der Waals surface area (Å²) < 4.78 is 10.5. The van der Waals surface area contributed by atoms with Gasteiger partial charge in [-0.2, -0.15) is 0 Å². The van der Waals surface area contributed by atoms with Crippen molar-refractivity contribution in [3.05, 3.63) is 48.0 Å². The average molecular weight is 289 g/mol. The molecule has 5 heteroatoms. The van der Waals surface area contributed by atoms with E-state index in [-0.39, 0.29) is 0 Å². The number of benzene rings is 2. The fourth-order valence-electron chi connectivity index (χ4n) is 1.70. The maximum absolute atomic E-state index is 11.7. The summed E-state index contributed by atoms with van der Waals surface area (Å²) in [5.74, 6) is 0.454. The number of hydrogen-bond acceptors (Lipinski definition) is 5. The number of hydrogen-bond donors (Lipinski definition) is 1. The van der Waals surface area contributed by atoms with Gasteiger partial charge in [-0.1, -0.05) is 6.07 Å². The molecular formula is C15H15NO3S. The number of ether oxygens (including phenoxy) is 2. The topological polar surface area (TPSA) is 61.5 Å². The molecule has 0 atom stereocenters. The van der Waals surface area contributed by atoms with E-state index in [0.29, 0.717) is 22.7 Å². The highest BCUT2D eigenvalue weighted by Gasteiger charge is 2.16. The molecule has 0 fully saturated rings. The molecule has 2 N–H and O–H groups in total. The first-order valence-corrected chi connectivity index (χ1v) is 7.17. The van der Waals surface area contributed by atoms with Crippen LogP contribution in [0.3, 0.4) is 0 Å². The Morgan fingerprint density at radius 1 is 1.15 bits per heavy atom. The number of nitrogens with two attached hydrogens (primary N) is 1. The lowest BCUT2D eigenvalue weighted by Gasteiger charge is -2.12. The molecule has 0 saturated heterocycles. The number of nitrogen functional groups attached to an aromatic ring is 1. The molecule has 2 aromatic rings. The Hall–Kier alpha value is -2.14. The lowest BCUT2D eigenvalue weighted by atomic mass is 10.1. The molecule has 2 aromatic carbocycles. The van der Waals surface area contributed by atoms with Crippen molar-refractivity contribution in [2.75, 3.05) is 19.1 Å². The third-order valence-corrected chi connectivity index (χ3v) is 3.47. The van der Waals surface area contributed by atoms with Crippen LogP contribution in [0.4, 0.5) is 5.69 Å². The second-order valence-corrected chi connectivity index (χ2v) is 4.87. The molecule has 20 heavy (non-hydrogen) atoms. The number of methoxy groups -OCH3 is 1. The van der Waals surface area contributed by atoms with Crippen LogP contribution in [-0.4, -0.2) is 19.3 Å².